The maximum atomic E-state index is 13.3. The molecule has 0 radical (unpaired) electrons. The van der Waals surface area contributed by atoms with E-state index in [0.717, 1.165) is 31.2 Å². The Kier molecular flexibility index (Phi) is 7.78. The number of nitrogens with one attached hydrogen (secondary N) is 1. The zero-order valence-corrected chi connectivity index (χ0v) is 16.8. The number of rotatable bonds is 9. The zero-order valence-electron chi connectivity index (χ0n) is 16.8. The average Bonchev–Trinajstić information content (AvgIpc) is 3.11. The molecule has 1 saturated carbocycles. The number of benzene rings is 1. The molecular weight excluding hydrogens is 345 g/mol. The van der Waals surface area contributed by atoms with E-state index in [0.29, 0.717) is 19.6 Å². The van der Waals surface area contributed by atoms with Gasteiger partial charge in [0, 0.05) is 25.0 Å². The first-order valence-corrected chi connectivity index (χ1v) is 9.89. The lowest BCUT2D eigenvalue weighted by atomic mass is 9.79. The summed E-state index contributed by atoms with van der Waals surface area (Å²) in [6, 6.07) is 6.65. The predicted molar refractivity (Wildman–Crippen MR) is 105 cm³/mol. The van der Waals surface area contributed by atoms with Gasteiger partial charge in [-0.15, -0.1) is 0 Å². The maximum Gasteiger partial charge on any atom is 0.236 e. The van der Waals surface area contributed by atoms with Crippen LogP contribution in [0.5, 0.6) is 0 Å². The van der Waals surface area contributed by atoms with Crippen LogP contribution in [0.3, 0.4) is 0 Å². The molecule has 0 spiro atoms. The van der Waals surface area contributed by atoms with Crippen molar-refractivity contribution in [2.24, 2.45) is 0 Å². The van der Waals surface area contributed by atoms with E-state index >= 15 is 0 Å². The number of hydrogen-bond acceptors (Lipinski definition) is 3. The fraction of sp³-hybridized carbons (Fsp3) is 0.619. The summed E-state index contributed by atoms with van der Waals surface area (Å²) in [6.07, 6.45) is 4.22. The van der Waals surface area contributed by atoms with E-state index in [2.05, 4.69) is 5.32 Å². The summed E-state index contributed by atoms with van der Waals surface area (Å²) in [6.45, 7) is 6.22. The van der Waals surface area contributed by atoms with E-state index in [-0.39, 0.29) is 36.1 Å². The Morgan fingerprint density at radius 1 is 1.07 bits per heavy atom. The Morgan fingerprint density at radius 2 is 1.67 bits per heavy atom. The van der Waals surface area contributed by atoms with Crippen molar-refractivity contribution >= 4 is 11.8 Å². The lowest BCUT2D eigenvalue weighted by molar-refractivity contribution is -0.132. The van der Waals surface area contributed by atoms with Gasteiger partial charge < -0.3 is 10.2 Å². The number of carbonyl (C=O) groups excluding carboxylic acids is 2. The molecule has 1 aliphatic rings. The Labute approximate surface area is 161 Å². The number of amides is 2. The van der Waals surface area contributed by atoms with Crippen molar-refractivity contribution in [2.75, 3.05) is 39.8 Å². The summed E-state index contributed by atoms with van der Waals surface area (Å²) < 4.78 is 13.3. The zero-order chi connectivity index (χ0) is 19.9. The number of likely N-dealkylation sites (N-methyl/N-ethyl adjacent to an activating group) is 2. The molecule has 2 rings (SSSR count). The predicted octanol–water partition coefficient (Wildman–Crippen LogP) is 2.55. The van der Waals surface area contributed by atoms with Crippen LogP contribution in [-0.4, -0.2) is 61.4 Å². The average molecular weight is 378 g/mol. The maximum absolute atomic E-state index is 13.3. The Bertz CT molecular complexity index is 623. The van der Waals surface area contributed by atoms with Crippen molar-refractivity contribution in [3.05, 3.63) is 35.6 Å². The summed E-state index contributed by atoms with van der Waals surface area (Å²) in [5, 5.41) is 3.04. The Hall–Kier alpha value is -1.95. The van der Waals surface area contributed by atoms with E-state index < -0.39 is 0 Å². The Morgan fingerprint density at radius 3 is 2.22 bits per heavy atom. The first-order valence-electron chi connectivity index (χ1n) is 9.89. The lowest BCUT2D eigenvalue weighted by Crippen LogP contribution is -2.45. The largest absolute Gasteiger partial charge is 0.354 e. The minimum atomic E-state index is -0.240. The van der Waals surface area contributed by atoms with E-state index in [1.165, 1.54) is 12.1 Å². The highest BCUT2D eigenvalue weighted by molar-refractivity contribution is 5.81. The van der Waals surface area contributed by atoms with E-state index in [1.807, 2.05) is 26.0 Å². The summed E-state index contributed by atoms with van der Waals surface area (Å²) in [4.78, 5) is 28.0. The molecule has 2 amide bonds. The van der Waals surface area contributed by atoms with Gasteiger partial charge in [0.15, 0.2) is 0 Å². The van der Waals surface area contributed by atoms with Gasteiger partial charge in [-0.3, -0.25) is 14.5 Å². The smallest absolute Gasteiger partial charge is 0.236 e. The minimum Gasteiger partial charge on any atom is -0.354 e. The van der Waals surface area contributed by atoms with Gasteiger partial charge in [-0.1, -0.05) is 25.0 Å². The molecule has 1 aliphatic carbocycles. The summed E-state index contributed by atoms with van der Waals surface area (Å²) >= 11 is 0. The highest BCUT2D eigenvalue weighted by Gasteiger charge is 2.35. The molecule has 0 aromatic heterocycles. The van der Waals surface area contributed by atoms with Crippen LogP contribution in [-0.2, 0) is 15.0 Å². The molecule has 0 aliphatic heterocycles. The van der Waals surface area contributed by atoms with E-state index in [9.17, 15) is 14.0 Å². The molecule has 27 heavy (non-hydrogen) atoms. The Balaban J connectivity index is 1.89. The van der Waals surface area contributed by atoms with Gasteiger partial charge in [-0.05, 0) is 51.4 Å². The van der Waals surface area contributed by atoms with Crippen LogP contribution in [0.4, 0.5) is 4.39 Å². The van der Waals surface area contributed by atoms with Crippen LogP contribution in [0.15, 0.2) is 24.3 Å². The standard InChI is InChI=1S/C21H32FN3O2/c1-4-25(5-2)20(27)15-24(3)14-19(26)23-16-21(12-6-7-13-21)17-8-10-18(22)11-9-17/h8-11H,4-7,12-16H2,1-3H3,(H,23,26). The van der Waals surface area contributed by atoms with Gasteiger partial charge >= 0.3 is 0 Å². The van der Waals surface area contributed by atoms with Crippen LogP contribution < -0.4 is 5.32 Å². The van der Waals surface area contributed by atoms with E-state index in [4.69, 9.17) is 0 Å². The molecule has 0 heterocycles. The van der Waals surface area contributed by atoms with Crippen LogP contribution in [0.1, 0.15) is 45.1 Å². The molecule has 1 aromatic rings. The summed E-state index contributed by atoms with van der Waals surface area (Å²) in [5.41, 5.74) is 0.977. The van der Waals surface area contributed by atoms with Crippen LogP contribution in [0.25, 0.3) is 0 Å². The molecule has 1 N–H and O–H groups in total. The van der Waals surface area contributed by atoms with Gasteiger partial charge in [-0.25, -0.2) is 4.39 Å². The van der Waals surface area contributed by atoms with Crippen molar-refractivity contribution in [1.29, 1.82) is 0 Å². The molecule has 5 nitrogen and oxygen atoms in total. The second-order valence-electron chi connectivity index (χ2n) is 7.51. The molecule has 0 saturated heterocycles. The van der Waals surface area contributed by atoms with E-state index in [1.54, 1.807) is 16.8 Å². The van der Waals surface area contributed by atoms with Crippen LogP contribution in [0, 0.1) is 5.82 Å². The second-order valence-corrected chi connectivity index (χ2v) is 7.51. The van der Waals surface area contributed by atoms with Crippen molar-refractivity contribution < 1.29 is 14.0 Å². The lowest BCUT2D eigenvalue weighted by Gasteiger charge is -2.30. The number of hydrogen-bond donors (Lipinski definition) is 1. The molecule has 6 heteroatoms. The third kappa shape index (κ3) is 5.76. The monoisotopic (exact) mass is 377 g/mol. The van der Waals surface area contributed by atoms with Crippen molar-refractivity contribution in [3.63, 3.8) is 0 Å². The van der Waals surface area contributed by atoms with Crippen LogP contribution in [0.2, 0.25) is 0 Å². The molecule has 150 valence electrons. The minimum absolute atomic E-state index is 0.0360. The van der Waals surface area contributed by atoms with Gasteiger partial charge in [0.05, 0.1) is 13.1 Å². The number of carbonyl (C=O) groups is 2. The molecule has 1 aromatic carbocycles. The quantitative estimate of drug-likeness (QED) is 0.720. The molecule has 0 unspecified atom stereocenters. The van der Waals surface area contributed by atoms with Crippen molar-refractivity contribution in [3.8, 4) is 0 Å². The SMILES string of the molecule is CCN(CC)C(=O)CN(C)CC(=O)NCC1(c2ccc(F)cc2)CCCC1. The van der Waals surface area contributed by atoms with Crippen LogP contribution >= 0.6 is 0 Å². The summed E-state index contributed by atoms with van der Waals surface area (Å²) in [5.74, 6) is -0.289. The first-order chi connectivity index (χ1) is 12.9. The van der Waals surface area contributed by atoms with Gasteiger partial charge in [-0.2, -0.15) is 0 Å². The van der Waals surface area contributed by atoms with Crippen molar-refractivity contribution in [2.45, 2.75) is 44.9 Å². The second kappa shape index (κ2) is 9.83. The van der Waals surface area contributed by atoms with Gasteiger partial charge in [0.25, 0.3) is 0 Å². The summed E-state index contributed by atoms with van der Waals surface area (Å²) in [7, 11) is 1.78. The third-order valence-electron chi connectivity index (χ3n) is 5.58. The first kappa shape index (κ1) is 21.4. The topological polar surface area (TPSA) is 52.7 Å². The third-order valence-corrected chi connectivity index (χ3v) is 5.58. The van der Waals surface area contributed by atoms with Gasteiger partial charge in [0.2, 0.25) is 11.8 Å². The molecule has 0 atom stereocenters. The molecule has 0 bridgehead atoms. The van der Waals surface area contributed by atoms with Gasteiger partial charge in [0.1, 0.15) is 5.82 Å². The number of halogens is 1. The molecular formula is C21H32FN3O2. The normalized spacial score (nSPS) is 15.7. The number of nitrogens with zero attached hydrogens (tertiary/aromatic N) is 2. The highest BCUT2D eigenvalue weighted by Crippen LogP contribution is 2.40. The fourth-order valence-electron chi connectivity index (χ4n) is 3.95. The highest BCUT2D eigenvalue weighted by atomic mass is 19.1. The van der Waals surface area contributed by atoms with Crippen molar-refractivity contribution in [1.82, 2.24) is 15.1 Å². The molecule has 1 fully saturated rings. The fourth-order valence-corrected chi connectivity index (χ4v) is 3.95.